The Labute approximate surface area is 250 Å². The molecule has 224 valence electrons. The first kappa shape index (κ1) is 32.4. The van der Waals surface area contributed by atoms with Crippen molar-refractivity contribution >= 4 is 30.2 Å². The molecule has 0 heterocycles. The van der Waals surface area contributed by atoms with Gasteiger partial charge in [-0.1, -0.05) is 73.8 Å². The maximum Gasteiger partial charge on any atom is 0.513 e. The van der Waals surface area contributed by atoms with Crippen molar-refractivity contribution in [1.82, 2.24) is 0 Å². The highest BCUT2D eigenvalue weighted by atomic mass is 16.7. The number of rotatable bonds is 16. The standard InChI is InChI=1S/C34H34O9/c1-3-32(36)40-20-4-5-21-42-34(38)43-31-16-10-27(11-17-31)7-6-26-8-12-28(13-9-26)29-14-18-30(19-15-29)39-22-23-41-33(37)25(2)24-35/h3,6-19,35H,1-2,4-5,20-24H2/b7-6+. The van der Waals surface area contributed by atoms with Crippen LogP contribution in [0, 0.1) is 0 Å². The molecule has 3 rings (SSSR count). The Balaban J connectivity index is 1.40. The van der Waals surface area contributed by atoms with E-state index in [0.717, 1.165) is 28.3 Å². The molecule has 9 nitrogen and oxygen atoms in total. The number of unbranched alkanes of at least 4 members (excludes halogenated alkanes) is 1. The fourth-order valence-corrected chi connectivity index (χ4v) is 3.55. The number of ether oxygens (including phenoxy) is 5. The summed E-state index contributed by atoms with van der Waals surface area (Å²) in [6.45, 7) is 6.93. The molecule has 0 aliphatic carbocycles. The first-order chi connectivity index (χ1) is 20.9. The van der Waals surface area contributed by atoms with E-state index in [4.69, 9.17) is 28.8 Å². The van der Waals surface area contributed by atoms with E-state index in [9.17, 15) is 14.4 Å². The zero-order valence-electron chi connectivity index (χ0n) is 23.7. The number of carbonyl (C=O) groups is 3. The second-order valence-corrected chi connectivity index (χ2v) is 9.07. The summed E-state index contributed by atoms with van der Waals surface area (Å²) in [5.41, 5.74) is 4.03. The van der Waals surface area contributed by atoms with Crippen molar-refractivity contribution in [3.8, 4) is 22.6 Å². The highest BCUT2D eigenvalue weighted by molar-refractivity contribution is 5.87. The lowest BCUT2D eigenvalue weighted by Gasteiger charge is -2.09. The van der Waals surface area contributed by atoms with Crippen LogP contribution >= 0.6 is 0 Å². The Bertz CT molecular complexity index is 1390. The summed E-state index contributed by atoms with van der Waals surface area (Å²) in [6.07, 6.45) is 5.35. The maximum absolute atomic E-state index is 11.9. The van der Waals surface area contributed by atoms with Crippen LogP contribution in [0.1, 0.15) is 24.0 Å². The topological polar surface area (TPSA) is 118 Å². The molecule has 0 amide bonds. The average molecular weight is 587 g/mol. The summed E-state index contributed by atoms with van der Waals surface area (Å²) in [5.74, 6) is -0.102. The van der Waals surface area contributed by atoms with Gasteiger partial charge in [0.2, 0.25) is 0 Å². The van der Waals surface area contributed by atoms with Gasteiger partial charge in [-0.05, 0) is 59.4 Å². The number of aliphatic hydroxyl groups excluding tert-OH is 1. The summed E-state index contributed by atoms with van der Waals surface area (Å²) in [6, 6.07) is 22.7. The third-order valence-electron chi connectivity index (χ3n) is 5.88. The van der Waals surface area contributed by atoms with Crippen LogP contribution < -0.4 is 9.47 Å². The Kier molecular flexibility index (Phi) is 13.3. The maximum atomic E-state index is 11.9. The van der Waals surface area contributed by atoms with Crippen LogP contribution in [0.25, 0.3) is 23.3 Å². The van der Waals surface area contributed by atoms with Crippen LogP contribution in [0.4, 0.5) is 4.79 Å². The van der Waals surface area contributed by atoms with Crippen LogP contribution in [0.3, 0.4) is 0 Å². The smallest absolute Gasteiger partial charge is 0.490 e. The Morgan fingerprint density at radius 2 is 1.21 bits per heavy atom. The lowest BCUT2D eigenvalue weighted by Crippen LogP contribution is -2.14. The number of carbonyl (C=O) groups excluding carboxylic acids is 3. The minimum Gasteiger partial charge on any atom is -0.490 e. The normalized spacial score (nSPS) is 10.5. The van der Waals surface area contributed by atoms with Crippen LogP contribution in [0.2, 0.25) is 0 Å². The molecular weight excluding hydrogens is 552 g/mol. The molecule has 3 aromatic rings. The Morgan fingerprint density at radius 1 is 0.674 bits per heavy atom. The highest BCUT2D eigenvalue weighted by Crippen LogP contribution is 2.24. The summed E-state index contributed by atoms with van der Waals surface area (Å²) < 4.78 is 25.6. The molecule has 0 unspecified atom stereocenters. The molecule has 0 bridgehead atoms. The quantitative estimate of drug-likeness (QED) is 0.0537. The number of hydrogen-bond acceptors (Lipinski definition) is 9. The molecule has 0 aromatic heterocycles. The van der Waals surface area contributed by atoms with Crippen LogP contribution in [-0.2, 0) is 23.8 Å². The van der Waals surface area contributed by atoms with E-state index in [1.165, 1.54) is 0 Å². The SMILES string of the molecule is C=CC(=O)OCCCCOC(=O)Oc1ccc(/C=C/c2ccc(-c3ccc(OCCOC(=O)C(=C)CO)cc3)cc2)cc1. The van der Waals surface area contributed by atoms with E-state index < -0.39 is 24.7 Å². The number of benzene rings is 3. The van der Waals surface area contributed by atoms with Gasteiger partial charge in [-0.3, -0.25) is 0 Å². The van der Waals surface area contributed by atoms with Gasteiger partial charge in [0, 0.05) is 6.08 Å². The summed E-state index contributed by atoms with van der Waals surface area (Å²) in [7, 11) is 0. The predicted molar refractivity (Wildman–Crippen MR) is 162 cm³/mol. The predicted octanol–water partition coefficient (Wildman–Crippen LogP) is 6.02. The summed E-state index contributed by atoms with van der Waals surface area (Å²) in [5, 5.41) is 8.87. The van der Waals surface area contributed by atoms with Crippen molar-refractivity contribution < 1.29 is 43.2 Å². The summed E-state index contributed by atoms with van der Waals surface area (Å²) >= 11 is 0. The lowest BCUT2D eigenvalue weighted by molar-refractivity contribution is -0.140. The van der Waals surface area contributed by atoms with Crippen molar-refractivity contribution in [3.05, 3.63) is 109 Å². The van der Waals surface area contributed by atoms with Crippen molar-refractivity contribution in [2.75, 3.05) is 33.0 Å². The van der Waals surface area contributed by atoms with Gasteiger partial charge >= 0.3 is 18.1 Å². The lowest BCUT2D eigenvalue weighted by atomic mass is 10.0. The average Bonchev–Trinajstić information content (AvgIpc) is 3.04. The molecule has 0 fully saturated rings. The zero-order chi connectivity index (χ0) is 30.9. The highest BCUT2D eigenvalue weighted by Gasteiger charge is 2.08. The van der Waals surface area contributed by atoms with Crippen LogP contribution in [-0.4, -0.2) is 56.2 Å². The largest absolute Gasteiger partial charge is 0.513 e. The van der Waals surface area contributed by atoms with Gasteiger partial charge in [-0.15, -0.1) is 0 Å². The summed E-state index contributed by atoms with van der Waals surface area (Å²) in [4.78, 5) is 34.3. The molecule has 0 saturated heterocycles. The van der Waals surface area contributed by atoms with Crippen LogP contribution in [0.15, 0.2) is 97.6 Å². The van der Waals surface area contributed by atoms with E-state index >= 15 is 0 Å². The fraction of sp³-hybridized carbons (Fsp3) is 0.206. The molecule has 0 saturated carbocycles. The minimum atomic E-state index is -0.793. The third-order valence-corrected chi connectivity index (χ3v) is 5.88. The number of aliphatic hydroxyl groups is 1. The molecular formula is C34H34O9. The first-order valence-corrected chi connectivity index (χ1v) is 13.6. The van der Waals surface area contributed by atoms with Crippen molar-refractivity contribution in [3.63, 3.8) is 0 Å². The van der Waals surface area contributed by atoms with E-state index in [0.29, 0.717) is 24.3 Å². The Morgan fingerprint density at radius 3 is 1.79 bits per heavy atom. The monoisotopic (exact) mass is 586 g/mol. The minimum absolute atomic E-state index is 0.00277. The number of esters is 2. The van der Waals surface area contributed by atoms with Gasteiger partial charge in [0.05, 0.1) is 25.4 Å². The molecule has 0 aliphatic rings. The van der Waals surface area contributed by atoms with Crippen molar-refractivity contribution in [2.24, 2.45) is 0 Å². The number of hydrogen-bond donors (Lipinski definition) is 1. The van der Waals surface area contributed by atoms with Gasteiger partial charge < -0.3 is 28.8 Å². The second-order valence-electron chi connectivity index (χ2n) is 9.07. The molecule has 3 aromatic carbocycles. The van der Waals surface area contributed by atoms with Crippen molar-refractivity contribution in [2.45, 2.75) is 12.8 Å². The van der Waals surface area contributed by atoms with E-state index in [1.54, 1.807) is 12.1 Å². The Hall–Kier alpha value is -5.15. The van der Waals surface area contributed by atoms with Gasteiger partial charge in [-0.2, -0.15) is 0 Å². The van der Waals surface area contributed by atoms with Gasteiger partial charge in [0.1, 0.15) is 24.7 Å². The van der Waals surface area contributed by atoms with Gasteiger partial charge in [0.25, 0.3) is 0 Å². The molecule has 43 heavy (non-hydrogen) atoms. The molecule has 0 aliphatic heterocycles. The van der Waals surface area contributed by atoms with E-state index in [2.05, 4.69) is 13.2 Å². The van der Waals surface area contributed by atoms with Crippen LogP contribution in [0.5, 0.6) is 11.5 Å². The molecule has 1 N–H and O–H groups in total. The fourth-order valence-electron chi connectivity index (χ4n) is 3.55. The molecule has 0 radical (unpaired) electrons. The first-order valence-electron chi connectivity index (χ1n) is 13.6. The van der Waals surface area contributed by atoms with E-state index in [-0.39, 0.29) is 32.0 Å². The zero-order valence-corrected chi connectivity index (χ0v) is 23.7. The molecule has 9 heteroatoms. The third kappa shape index (κ3) is 11.7. The van der Waals surface area contributed by atoms with Gasteiger partial charge in [-0.25, -0.2) is 14.4 Å². The van der Waals surface area contributed by atoms with E-state index in [1.807, 2.05) is 72.8 Å². The second kappa shape index (κ2) is 17.6. The molecule has 0 atom stereocenters. The van der Waals surface area contributed by atoms with Gasteiger partial charge in [0.15, 0.2) is 0 Å². The van der Waals surface area contributed by atoms with Crippen molar-refractivity contribution in [1.29, 1.82) is 0 Å². The molecule has 0 spiro atoms.